The maximum absolute atomic E-state index is 13.6. The van der Waals surface area contributed by atoms with Gasteiger partial charge in [-0.3, -0.25) is 9.79 Å². The molecule has 58 heavy (non-hydrogen) atoms. The molecule has 0 spiro atoms. The third kappa shape index (κ3) is 7.73. The molecule has 11 nitrogen and oxygen atoms in total. The molecule has 5 aromatic rings. The van der Waals surface area contributed by atoms with E-state index in [1.807, 2.05) is 50.6 Å². The number of aliphatic imine (C=N–C) groups is 1. The zero-order valence-electron chi connectivity index (χ0n) is 34.8. The van der Waals surface area contributed by atoms with Gasteiger partial charge in [0.25, 0.3) is 0 Å². The van der Waals surface area contributed by atoms with Crippen LogP contribution in [0.3, 0.4) is 0 Å². The summed E-state index contributed by atoms with van der Waals surface area (Å²) in [6, 6.07) is 24.0. The number of hydrogen-bond acceptors (Lipinski definition) is 7. The monoisotopic (exact) mass is 798 g/mol. The number of fused-ring (bicyclic) bond motifs is 4. The Labute approximate surface area is 340 Å². The molecule has 3 amide bonds. The molecule has 0 radical (unpaired) electrons. The van der Waals surface area contributed by atoms with Gasteiger partial charge in [0.05, 0.1) is 38.3 Å². The van der Waals surface area contributed by atoms with Crippen molar-refractivity contribution in [3.05, 3.63) is 84.3 Å². The van der Waals surface area contributed by atoms with Crippen molar-refractivity contribution in [2.75, 3.05) is 19.8 Å². The predicted octanol–water partition coefficient (Wildman–Crippen LogP) is 9.63. The van der Waals surface area contributed by atoms with E-state index in [0.717, 1.165) is 91.4 Å². The number of methoxy groups -OCH3 is 1. The number of carbonyl (C=O) groups is 3. The minimum atomic E-state index is -1.66. The van der Waals surface area contributed by atoms with E-state index in [9.17, 15) is 14.4 Å². The highest BCUT2D eigenvalue weighted by Gasteiger charge is 2.45. The normalized spacial score (nSPS) is 19.9. The topological polar surface area (TPSA) is 129 Å². The molecule has 2 N–H and O–H groups in total. The standard InChI is InChI=1S/C46H54N6O5Si/c1-27(2)40(50-44(54)56-6)43(53)51-19-9-10-38(51)37-23-34(24-47-37)32-14-13-28-20-29(11-12-30(28)21-32)31-15-17-35-33(22-31)16-18-36-41(35)49-42(48-36)39-25-58(7,8)26-52(39)45(55)57-46(3,4)5/h11-18,20-22,24,27,38-40H,9-10,19,23,25-26H2,1-8H3,(H,48,49)(H,50,54)/t38-,39-,40-/m1/s1. The van der Waals surface area contributed by atoms with Crippen LogP contribution in [0.2, 0.25) is 19.1 Å². The second-order valence-electron chi connectivity index (χ2n) is 18.3. The van der Waals surface area contributed by atoms with Crippen LogP contribution >= 0.6 is 0 Å². The lowest BCUT2D eigenvalue weighted by molar-refractivity contribution is -0.134. The molecule has 3 aliphatic rings. The van der Waals surface area contributed by atoms with Crippen molar-refractivity contribution in [1.29, 1.82) is 0 Å². The van der Waals surface area contributed by atoms with Crippen LogP contribution in [0.1, 0.15) is 71.3 Å². The summed E-state index contributed by atoms with van der Waals surface area (Å²) in [6.07, 6.45) is 4.25. The molecule has 3 atom stereocenters. The molecule has 1 aromatic heterocycles. The van der Waals surface area contributed by atoms with Crippen LogP contribution in [0.4, 0.5) is 9.59 Å². The van der Waals surface area contributed by atoms with Gasteiger partial charge in [0.15, 0.2) is 0 Å². The predicted molar refractivity (Wildman–Crippen MR) is 233 cm³/mol. The van der Waals surface area contributed by atoms with Crippen LogP contribution in [0, 0.1) is 5.92 Å². The maximum atomic E-state index is 13.6. The van der Waals surface area contributed by atoms with E-state index in [0.29, 0.717) is 13.0 Å². The first-order valence-corrected chi connectivity index (χ1v) is 23.9. The molecule has 0 bridgehead atoms. The van der Waals surface area contributed by atoms with Gasteiger partial charge in [-0.1, -0.05) is 69.4 Å². The number of H-pyrrole nitrogens is 1. The van der Waals surface area contributed by atoms with Crippen molar-refractivity contribution in [3.8, 4) is 11.1 Å². The Morgan fingerprint density at radius 2 is 1.57 bits per heavy atom. The number of likely N-dealkylation sites (tertiary alicyclic amines) is 1. The maximum Gasteiger partial charge on any atom is 0.410 e. The van der Waals surface area contributed by atoms with E-state index in [-0.39, 0.29) is 30.0 Å². The lowest BCUT2D eigenvalue weighted by Crippen LogP contribution is -2.53. The number of rotatable bonds is 7. The fourth-order valence-corrected chi connectivity index (χ4v) is 11.8. The van der Waals surface area contributed by atoms with Gasteiger partial charge in [-0.2, -0.15) is 0 Å². The third-order valence-corrected chi connectivity index (χ3v) is 14.5. The van der Waals surface area contributed by atoms with Gasteiger partial charge in [-0.25, -0.2) is 14.6 Å². The second kappa shape index (κ2) is 15.0. The number of alkyl carbamates (subject to hydrolysis) is 1. The summed E-state index contributed by atoms with van der Waals surface area (Å²) in [5, 5.41) is 7.20. The lowest BCUT2D eigenvalue weighted by atomic mass is 9.94. The first-order valence-electron chi connectivity index (χ1n) is 20.4. The number of imidazole rings is 1. The summed E-state index contributed by atoms with van der Waals surface area (Å²) in [4.78, 5) is 56.2. The van der Waals surface area contributed by atoms with Crippen molar-refractivity contribution in [1.82, 2.24) is 25.1 Å². The number of nitrogens with zero attached hydrogens (tertiary/aromatic N) is 4. The zero-order chi connectivity index (χ0) is 41.1. The van der Waals surface area contributed by atoms with Crippen molar-refractivity contribution < 1.29 is 23.9 Å². The van der Waals surface area contributed by atoms with Crippen LogP contribution in [0.25, 0.3) is 49.3 Å². The van der Waals surface area contributed by atoms with Crippen LogP contribution in [-0.2, 0) is 14.3 Å². The van der Waals surface area contributed by atoms with Crippen molar-refractivity contribution in [3.63, 3.8) is 0 Å². The summed E-state index contributed by atoms with van der Waals surface area (Å²) in [5.74, 6) is 0.652. The van der Waals surface area contributed by atoms with Gasteiger partial charge < -0.3 is 29.6 Å². The Balaban J connectivity index is 0.983. The summed E-state index contributed by atoms with van der Waals surface area (Å²) in [6.45, 7) is 14.9. The van der Waals surface area contributed by atoms with Crippen molar-refractivity contribution in [2.45, 2.75) is 96.7 Å². The number of aromatic amines is 1. The summed E-state index contributed by atoms with van der Waals surface area (Å²) in [7, 11) is -0.348. The molecule has 4 aromatic carbocycles. The molecule has 12 heteroatoms. The van der Waals surface area contributed by atoms with Crippen molar-refractivity contribution in [2.24, 2.45) is 10.9 Å². The number of carbonyl (C=O) groups excluding carboxylic acids is 3. The number of ether oxygens (including phenoxy) is 2. The molecule has 2 fully saturated rings. The first-order chi connectivity index (χ1) is 27.6. The van der Waals surface area contributed by atoms with E-state index < -0.39 is 25.8 Å². The van der Waals surface area contributed by atoms with Crippen molar-refractivity contribution >= 4 is 70.0 Å². The number of nitrogens with one attached hydrogen (secondary N) is 2. The van der Waals surface area contributed by atoms with Gasteiger partial charge >= 0.3 is 12.2 Å². The molecule has 8 rings (SSSR count). The number of aromatic nitrogens is 2. The number of allylic oxidation sites excluding steroid dienone is 1. The molecule has 2 saturated heterocycles. The summed E-state index contributed by atoms with van der Waals surface area (Å²) >= 11 is 0. The molecular weight excluding hydrogens is 745 g/mol. The highest BCUT2D eigenvalue weighted by molar-refractivity contribution is 6.78. The van der Waals surface area contributed by atoms with Crippen LogP contribution < -0.4 is 5.32 Å². The Kier molecular flexibility index (Phi) is 10.2. The smallest absolute Gasteiger partial charge is 0.410 e. The number of hydrogen-bond donors (Lipinski definition) is 2. The second-order valence-corrected chi connectivity index (χ2v) is 23.3. The minimum Gasteiger partial charge on any atom is -0.453 e. The molecule has 0 unspecified atom stereocenters. The van der Waals surface area contributed by atoms with Crippen LogP contribution in [0.5, 0.6) is 0 Å². The molecule has 3 aliphatic heterocycles. The lowest BCUT2D eigenvalue weighted by Gasteiger charge is -2.31. The van der Waals surface area contributed by atoms with Gasteiger partial charge in [-0.15, -0.1) is 0 Å². The van der Waals surface area contributed by atoms with E-state index in [2.05, 4.69) is 90.1 Å². The Hall–Kier alpha value is -5.49. The summed E-state index contributed by atoms with van der Waals surface area (Å²) in [5.41, 5.74) is 6.81. The molecule has 302 valence electrons. The zero-order valence-corrected chi connectivity index (χ0v) is 35.8. The number of benzene rings is 4. The number of amides is 3. The quantitative estimate of drug-likeness (QED) is 0.158. The third-order valence-electron chi connectivity index (χ3n) is 11.8. The average molecular weight is 799 g/mol. The van der Waals surface area contributed by atoms with Gasteiger partial charge in [-0.05, 0) is 108 Å². The first kappa shape index (κ1) is 39.3. The van der Waals surface area contributed by atoms with Crippen LogP contribution in [0.15, 0.2) is 77.9 Å². The van der Waals surface area contributed by atoms with Gasteiger partial charge in [0.2, 0.25) is 5.91 Å². The molecular formula is C46H54N6O5Si. The van der Waals surface area contributed by atoms with E-state index >= 15 is 0 Å². The fourth-order valence-electron chi connectivity index (χ4n) is 8.89. The molecule has 4 heterocycles. The van der Waals surface area contributed by atoms with Gasteiger partial charge in [0.1, 0.15) is 17.5 Å². The van der Waals surface area contributed by atoms with E-state index in [4.69, 9.17) is 19.5 Å². The SMILES string of the molecule is COC(=O)N[C@@H](C(=O)N1CCC[C@@H]1C1=NC=C(c2ccc3cc(-c4ccc5c(ccc6[nH]c([C@H]7C[Si](C)(C)CN7C(=O)OC(C)(C)C)nc65)c4)ccc3c2)C1)C(C)C. The highest BCUT2D eigenvalue weighted by Crippen LogP contribution is 2.40. The highest BCUT2D eigenvalue weighted by atomic mass is 28.3. The van der Waals surface area contributed by atoms with Gasteiger partial charge in [0, 0.05) is 36.4 Å². The van der Waals surface area contributed by atoms with E-state index in [1.165, 1.54) is 7.11 Å². The Bertz CT molecular complexity index is 2510. The minimum absolute atomic E-state index is 0.0787. The average Bonchev–Trinajstić information content (AvgIpc) is 4.00. The Morgan fingerprint density at radius 3 is 2.28 bits per heavy atom. The molecule has 0 aliphatic carbocycles. The fraction of sp³-hybridized carbons (Fsp3) is 0.413. The molecule has 0 saturated carbocycles. The Morgan fingerprint density at radius 1 is 0.897 bits per heavy atom. The summed E-state index contributed by atoms with van der Waals surface area (Å²) < 4.78 is 10.6. The van der Waals surface area contributed by atoms with Crippen LogP contribution in [-0.4, -0.2) is 89.2 Å². The van der Waals surface area contributed by atoms with E-state index in [1.54, 1.807) is 0 Å². The largest absolute Gasteiger partial charge is 0.453 e.